The van der Waals surface area contributed by atoms with E-state index in [-0.39, 0.29) is 30.2 Å². The Kier molecular flexibility index (Phi) is 11.9. The summed E-state index contributed by atoms with van der Waals surface area (Å²) >= 11 is 0. The Morgan fingerprint density at radius 1 is 1.11 bits per heavy atom. The van der Waals surface area contributed by atoms with Crippen molar-refractivity contribution in [3.8, 4) is 11.4 Å². The molecule has 11 nitrogen and oxygen atoms in total. The zero-order valence-electron chi connectivity index (χ0n) is 24.4. The molecule has 1 aromatic heterocycles. The molecule has 2 heterocycles. The number of hydrogen-bond donors (Lipinski definition) is 4. The fraction of sp³-hybridized carbons (Fsp3) is 0.333. The molecule has 0 bridgehead atoms. The van der Waals surface area contributed by atoms with Crippen LogP contribution in [-0.4, -0.2) is 47.8 Å². The maximum absolute atomic E-state index is 13.2. The fourth-order valence-corrected chi connectivity index (χ4v) is 4.19. The third kappa shape index (κ3) is 9.07. The van der Waals surface area contributed by atoms with Gasteiger partial charge in [0.05, 0.1) is 25.0 Å². The number of rotatable bonds is 10. The van der Waals surface area contributed by atoms with Crippen LogP contribution in [0, 0.1) is 0 Å². The summed E-state index contributed by atoms with van der Waals surface area (Å²) in [6, 6.07) is 11.2. The van der Waals surface area contributed by atoms with Crippen LogP contribution in [0.15, 0.2) is 76.1 Å². The van der Waals surface area contributed by atoms with E-state index in [9.17, 15) is 32.3 Å². The van der Waals surface area contributed by atoms with Gasteiger partial charge in [-0.2, -0.15) is 13.2 Å². The number of aryl methyl sites for hydroxylation is 1. The number of carbonyl (C=O) groups is 2. The van der Waals surface area contributed by atoms with E-state index >= 15 is 0 Å². The topological polar surface area (TPSA) is 149 Å². The van der Waals surface area contributed by atoms with Gasteiger partial charge < -0.3 is 21.1 Å². The summed E-state index contributed by atoms with van der Waals surface area (Å²) in [4.78, 5) is 49.4. The zero-order valence-corrected chi connectivity index (χ0v) is 24.4. The minimum absolute atomic E-state index is 0.198. The lowest BCUT2D eigenvalue weighted by atomic mass is 10.1. The number of benzene rings is 2. The van der Waals surface area contributed by atoms with Crippen LogP contribution in [0.25, 0.3) is 5.69 Å². The molecular weight excluding hydrogens is 581 g/mol. The quantitative estimate of drug-likeness (QED) is 0.273. The molecular formula is C30H35F3N6O5. The van der Waals surface area contributed by atoms with E-state index in [0.29, 0.717) is 41.9 Å². The van der Waals surface area contributed by atoms with Gasteiger partial charge in [-0.1, -0.05) is 31.5 Å². The van der Waals surface area contributed by atoms with E-state index < -0.39 is 28.9 Å². The lowest BCUT2D eigenvalue weighted by Crippen LogP contribution is -2.43. The normalized spacial score (nSPS) is 12.7. The third-order valence-corrected chi connectivity index (χ3v) is 6.55. The number of amides is 2. The van der Waals surface area contributed by atoms with E-state index in [1.165, 1.54) is 16.8 Å². The second-order valence-electron chi connectivity index (χ2n) is 9.76. The summed E-state index contributed by atoms with van der Waals surface area (Å²) in [5.74, 6) is -0.417. The van der Waals surface area contributed by atoms with Crippen molar-refractivity contribution < 1.29 is 27.5 Å². The summed E-state index contributed by atoms with van der Waals surface area (Å²) in [5, 5.41) is 8.43. The fourth-order valence-electron chi connectivity index (χ4n) is 4.19. The second kappa shape index (κ2) is 15.6. The molecule has 1 aliphatic heterocycles. The van der Waals surface area contributed by atoms with Gasteiger partial charge in [-0.15, -0.1) is 0 Å². The maximum Gasteiger partial charge on any atom is 0.416 e. The molecule has 44 heavy (non-hydrogen) atoms. The number of nitrogens with two attached hydrogens (primary N) is 1. The zero-order chi connectivity index (χ0) is 32.3. The molecule has 0 aliphatic carbocycles. The number of halogens is 3. The van der Waals surface area contributed by atoms with Crippen LogP contribution in [0.4, 0.5) is 13.2 Å². The lowest BCUT2D eigenvalue weighted by Gasteiger charge is -2.14. The van der Waals surface area contributed by atoms with Gasteiger partial charge in [-0.3, -0.25) is 24.3 Å². The number of methoxy groups -OCH3 is 1. The van der Waals surface area contributed by atoms with Crippen LogP contribution in [-0.2, 0) is 23.9 Å². The highest BCUT2D eigenvalue weighted by Crippen LogP contribution is 2.30. The smallest absolute Gasteiger partial charge is 0.416 e. The van der Waals surface area contributed by atoms with Crippen molar-refractivity contribution in [3.63, 3.8) is 0 Å². The molecule has 1 aliphatic rings. The molecule has 0 fully saturated rings. The number of nitrogens with zero attached hydrogens (tertiary/aromatic N) is 2. The molecule has 2 amide bonds. The summed E-state index contributed by atoms with van der Waals surface area (Å²) in [7, 11) is 1.55. The Morgan fingerprint density at radius 3 is 2.48 bits per heavy atom. The maximum atomic E-state index is 13.2. The van der Waals surface area contributed by atoms with Crippen LogP contribution < -0.4 is 37.7 Å². The molecule has 0 saturated heterocycles. The molecule has 0 radical (unpaired) electrons. The Morgan fingerprint density at radius 2 is 1.86 bits per heavy atom. The first kappa shape index (κ1) is 33.6. The second-order valence-corrected chi connectivity index (χ2v) is 9.76. The molecule has 2 aromatic carbocycles. The van der Waals surface area contributed by atoms with Gasteiger partial charge in [0.2, 0.25) is 5.91 Å². The Balaban J connectivity index is 0.000000502. The first-order valence-corrected chi connectivity index (χ1v) is 13.8. The molecule has 0 unspecified atom stereocenters. The summed E-state index contributed by atoms with van der Waals surface area (Å²) in [6.07, 6.45) is -0.0743. The average Bonchev–Trinajstić information content (AvgIpc) is 3.01. The van der Waals surface area contributed by atoms with E-state index in [2.05, 4.69) is 16.0 Å². The first-order chi connectivity index (χ1) is 21.0. The van der Waals surface area contributed by atoms with Crippen molar-refractivity contribution in [2.75, 3.05) is 26.9 Å². The number of nitrogens with one attached hydrogen (secondary N) is 3. The minimum atomic E-state index is -4.66. The molecule has 0 saturated carbocycles. The summed E-state index contributed by atoms with van der Waals surface area (Å²) < 4.78 is 46.6. The van der Waals surface area contributed by atoms with Gasteiger partial charge >= 0.3 is 11.9 Å². The number of carbonyl (C=O) groups excluding carboxylic acids is 2. The van der Waals surface area contributed by atoms with Crippen LogP contribution in [0.1, 0.15) is 41.3 Å². The largest absolute Gasteiger partial charge is 0.497 e. The van der Waals surface area contributed by atoms with E-state index in [0.717, 1.165) is 30.2 Å². The predicted molar refractivity (Wildman–Crippen MR) is 159 cm³/mol. The molecule has 4 rings (SSSR count). The predicted octanol–water partition coefficient (Wildman–Crippen LogP) is 2.31. The Hall–Kier alpha value is -4.85. The monoisotopic (exact) mass is 616 g/mol. The van der Waals surface area contributed by atoms with Crippen molar-refractivity contribution in [2.45, 2.75) is 38.9 Å². The molecule has 236 valence electrons. The van der Waals surface area contributed by atoms with E-state index in [1.54, 1.807) is 19.4 Å². The molecule has 0 spiro atoms. The summed E-state index contributed by atoms with van der Waals surface area (Å²) in [6.45, 7) is 3.58. The molecule has 14 heteroatoms. The van der Waals surface area contributed by atoms with Crippen molar-refractivity contribution in [3.05, 3.63) is 104 Å². The Labute approximate surface area is 251 Å². The highest BCUT2D eigenvalue weighted by molar-refractivity contribution is 5.93. The van der Waals surface area contributed by atoms with Crippen molar-refractivity contribution in [2.24, 2.45) is 5.73 Å². The van der Waals surface area contributed by atoms with Crippen molar-refractivity contribution >= 4 is 11.8 Å². The van der Waals surface area contributed by atoms with E-state index in [1.807, 2.05) is 25.1 Å². The lowest BCUT2D eigenvalue weighted by molar-refractivity contribution is -0.137. The van der Waals surface area contributed by atoms with Crippen LogP contribution in [0.5, 0.6) is 5.75 Å². The van der Waals surface area contributed by atoms with E-state index in [4.69, 9.17) is 10.5 Å². The number of alkyl halides is 3. The number of ether oxygens (including phenoxy) is 1. The van der Waals surface area contributed by atoms with Gasteiger partial charge in [0.25, 0.3) is 11.5 Å². The van der Waals surface area contributed by atoms with Gasteiger partial charge in [-0.25, -0.2) is 9.36 Å². The molecule has 3 aromatic rings. The minimum Gasteiger partial charge on any atom is -0.497 e. The molecule has 5 N–H and O–H groups in total. The van der Waals surface area contributed by atoms with Crippen LogP contribution >= 0.6 is 0 Å². The van der Waals surface area contributed by atoms with Crippen molar-refractivity contribution in [1.29, 1.82) is 0 Å². The SMILES string of the molecule is CCCCn1cc(C(=O)NCCc2cccc(OC)c2)c(=O)n(-c2cccc(C(F)(F)F)c2)c1=O.NC(=O)C1=CNCNC1. The van der Waals surface area contributed by atoms with Crippen LogP contribution in [0.2, 0.25) is 0 Å². The van der Waals surface area contributed by atoms with Gasteiger partial charge in [0.1, 0.15) is 11.3 Å². The highest BCUT2D eigenvalue weighted by atomic mass is 19.4. The van der Waals surface area contributed by atoms with Crippen LogP contribution in [0.3, 0.4) is 0 Å². The number of hydrogen-bond acceptors (Lipinski definition) is 7. The number of unbranched alkanes of at least 4 members (excludes halogenated alkanes) is 1. The molecule has 0 atom stereocenters. The average molecular weight is 617 g/mol. The first-order valence-electron chi connectivity index (χ1n) is 13.8. The standard InChI is InChI=1S/C25H26F3N3O4.C5H9N3O/c1-3-4-13-30-16-21(22(32)29-12-11-17-7-5-10-20(14-17)35-2)23(33)31(24(30)34)19-9-6-8-18(15-19)25(26,27)28;6-5(9)4-1-7-3-8-2-4/h5-10,14-16H,3-4,11-13H2,1-2H3,(H,29,32);1,7-8H,2-3H2,(H2,6,9). The number of primary amides is 1. The van der Waals surface area contributed by atoms with Crippen molar-refractivity contribution in [1.82, 2.24) is 25.1 Å². The van der Waals surface area contributed by atoms with Gasteiger partial charge in [0.15, 0.2) is 0 Å². The number of aromatic nitrogens is 2. The van der Waals surface area contributed by atoms with Gasteiger partial charge in [0, 0.05) is 37.6 Å². The Bertz CT molecular complexity index is 1610. The third-order valence-electron chi connectivity index (χ3n) is 6.55. The highest BCUT2D eigenvalue weighted by Gasteiger charge is 2.31. The van der Waals surface area contributed by atoms with Gasteiger partial charge in [-0.05, 0) is 48.7 Å². The summed E-state index contributed by atoms with van der Waals surface area (Å²) in [5.41, 5.74) is 3.09.